The van der Waals surface area contributed by atoms with Crippen LogP contribution in [0.25, 0.3) is 50.1 Å². The van der Waals surface area contributed by atoms with Crippen molar-refractivity contribution in [3.8, 4) is 56.8 Å². The van der Waals surface area contributed by atoms with Gasteiger partial charge in [-0.3, -0.25) is 0 Å². The number of aromatic nitrogens is 3. The highest BCUT2D eigenvalue weighted by Gasteiger charge is 2.45. The first kappa shape index (κ1) is 30.9. The van der Waals surface area contributed by atoms with Gasteiger partial charge >= 0.3 is 0 Å². The molecule has 0 saturated heterocycles. The van der Waals surface area contributed by atoms with Gasteiger partial charge in [0.1, 0.15) is 11.5 Å². The molecule has 0 N–H and O–H groups in total. The van der Waals surface area contributed by atoms with Gasteiger partial charge in [-0.1, -0.05) is 152 Å². The molecule has 0 aliphatic carbocycles. The second-order valence-corrected chi connectivity index (χ2v) is 12.7. The molecule has 9 rings (SSSR count). The Hall–Kier alpha value is -7.16. The van der Waals surface area contributed by atoms with E-state index in [4.69, 9.17) is 26.3 Å². The lowest BCUT2D eigenvalue weighted by molar-refractivity contribution is 0.434. The van der Waals surface area contributed by atoms with Crippen molar-refractivity contribution in [3.05, 3.63) is 216 Å². The maximum absolute atomic E-state index is 7.34. The highest BCUT2D eigenvalue weighted by Crippen LogP contribution is 2.55. The minimum absolute atomic E-state index is 0.562. The number of benzene rings is 7. The minimum Gasteiger partial charge on any atom is -0.457 e. The molecule has 1 aromatic heterocycles. The molecule has 0 spiro atoms. The third-order valence-electron chi connectivity index (χ3n) is 9.68. The van der Waals surface area contributed by atoms with E-state index in [1.165, 1.54) is 0 Å². The van der Waals surface area contributed by atoms with Gasteiger partial charge in [-0.15, -0.1) is 0 Å². The lowest BCUT2D eigenvalue weighted by Crippen LogP contribution is -2.34. The SMILES string of the molecule is [C-]#[N+]c1ccc(-c2cccc(-c3nc(-c4ccccc4)nc(-c4ccc5c(c4)C(c4ccccc4)(c4ccccc4)c4ccccc4O5)n3)c2)cc1. The van der Waals surface area contributed by atoms with E-state index in [0.29, 0.717) is 23.2 Å². The Morgan fingerprint density at radius 3 is 1.56 bits per heavy atom. The van der Waals surface area contributed by atoms with Crippen LogP contribution in [-0.2, 0) is 5.41 Å². The first-order valence-electron chi connectivity index (χ1n) is 17.1. The molecule has 0 bridgehead atoms. The predicted octanol–water partition coefficient (Wildman–Crippen LogP) is 11.6. The van der Waals surface area contributed by atoms with Crippen LogP contribution < -0.4 is 4.74 Å². The molecule has 244 valence electrons. The molecule has 0 unspecified atom stereocenters. The Morgan fingerprint density at radius 1 is 0.404 bits per heavy atom. The summed E-state index contributed by atoms with van der Waals surface area (Å²) in [6, 6.07) is 61.7. The van der Waals surface area contributed by atoms with Crippen molar-refractivity contribution in [1.29, 1.82) is 0 Å². The highest BCUT2D eigenvalue weighted by atomic mass is 16.5. The number of rotatable bonds is 6. The Labute approximate surface area is 302 Å². The Bertz CT molecular complexity index is 2560. The normalized spacial score (nSPS) is 12.5. The number of nitrogens with zero attached hydrogens (tertiary/aromatic N) is 4. The Balaban J connectivity index is 1.26. The van der Waals surface area contributed by atoms with E-state index in [9.17, 15) is 0 Å². The van der Waals surface area contributed by atoms with Gasteiger partial charge in [0, 0.05) is 27.8 Å². The Kier molecular flexibility index (Phi) is 7.68. The van der Waals surface area contributed by atoms with E-state index in [0.717, 1.165) is 61.6 Å². The lowest BCUT2D eigenvalue weighted by Gasteiger charge is -2.41. The summed E-state index contributed by atoms with van der Waals surface area (Å²) in [4.78, 5) is 18.8. The molecular weight excluding hydrogens is 637 g/mol. The summed E-state index contributed by atoms with van der Waals surface area (Å²) >= 11 is 0. The number of hydrogen-bond acceptors (Lipinski definition) is 4. The third-order valence-corrected chi connectivity index (χ3v) is 9.68. The summed E-state index contributed by atoms with van der Waals surface area (Å²) in [5.41, 5.74) is 8.93. The fourth-order valence-corrected chi connectivity index (χ4v) is 7.26. The first-order chi connectivity index (χ1) is 25.7. The van der Waals surface area contributed by atoms with E-state index >= 15 is 0 Å². The van der Waals surface area contributed by atoms with Crippen LogP contribution in [0.2, 0.25) is 0 Å². The largest absolute Gasteiger partial charge is 0.457 e. The molecule has 52 heavy (non-hydrogen) atoms. The lowest BCUT2D eigenvalue weighted by atomic mass is 9.63. The zero-order valence-corrected chi connectivity index (χ0v) is 28.0. The second-order valence-electron chi connectivity index (χ2n) is 12.7. The van der Waals surface area contributed by atoms with Gasteiger partial charge < -0.3 is 4.74 Å². The van der Waals surface area contributed by atoms with Gasteiger partial charge in [0.25, 0.3) is 0 Å². The molecule has 8 aromatic rings. The summed E-state index contributed by atoms with van der Waals surface area (Å²) in [7, 11) is 0. The van der Waals surface area contributed by atoms with Crippen LogP contribution in [0.1, 0.15) is 22.3 Å². The van der Waals surface area contributed by atoms with Crippen LogP contribution in [0.4, 0.5) is 5.69 Å². The van der Waals surface area contributed by atoms with E-state index < -0.39 is 5.41 Å². The van der Waals surface area contributed by atoms with Gasteiger partial charge in [0.2, 0.25) is 0 Å². The van der Waals surface area contributed by atoms with Gasteiger partial charge in [-0.05, 0) is 52.6 Å². The fourth-order valence-electron chi connectivity index (χ4n) is 7.26. The van der Waals surface area contributed by atoms with Gasteiger partial charge in [0.15, 0.2) is 23.2 Å². The molecule has 5 nitrogen and oxygen atoms in total. The van der Waals surface area contributed by atoms with Crippen LogP contribution in [0, 0.1) is 6.57 Å². The summed E-state index contributed by atoms with van der Waals surface area (Å²) in [6.45, 7) is 7.34. The van der Waals surface area contributed by atoms with Crippen molar-refractivity contribution in [2.45, 2.75) is 5.41 Å². The fraction of sp³-hybridized carbons (Fsp3) is 0.0213. The molecule has 2 heterocycles. The van der Waals surface area contributed by atoms with E-state index in [-0.39, 0.29) is 0 Å². The molecular formula is C47H30N4O. The van der Waals surface area contributed by atoms with Crippen LogP contribution in [0.3, 0.4) is 0 Å². The van der Waals surface area contributed by atoms with Crippen LogP contribution in [0.15, 0.2) is 182 Å². The quantitative estimate of drug-likeness (QED) is 0.166. The first-order valence-corrected chi connectivity index (χ1v) is 17.1. The van der Waals surface area contributed by atoms with Crippen LogP contribution >= 0.6 is 0 Å². The van der Waals surface area contributed by atoms with Crippen LogP contribution in [0.5, 0.6) is 11.5 Å². The zero-order valence-electron chi connectivity index (χ0n) is 28.0. The average molecular weight is 667 g/mol. The topological polar surface area (TPSA) is 52.3 Å². The van der Waals surface area contributed by atoms with Crippen molar-refractivity contribution >= 4 is 5.69 Å². The molecule has 0 amide bonds. The molecule has 1 aliphatic rings. The predicted molar refractivity (Wildman–Crippen MR) is 206 cm³/mol. The molecule has 7 aromatic carbocycles. The summed E-state index contributed by atoms with van der Waals surface area (Å²) in [5, 5.41) is 0. The van der Waals surface area contributed by atoms with Gasteiger partial charge in [-0.25, -0.2) is 19.8 Å². The van der Waals surface area contributed by atoms with Crippen LogP contribution in [-0.4, -0.2) is 15.0 Å². The van der Waals surface area contributed by atoms with E-state index in [1.54, 1.807) is 0 Å². The molecule has 5 heteroatoms. The summed E-state index contributed by atoms with van der Waals surface area (Å²) < 4.78 is 6.65. The van der Waals surface area contributed by atoms with Crippen molar-refractivity contribution in [2.24, 2.45) is 0 Å². The van der Waals surface area contributed by atoms with Gasteiger partial charge in [0.05, 0.1) is 12.0 Å². The van der Waals surface area contributed by atoms with Crippen molar-refractivity contribution < 1.29 is 4.74 Å². The number of ether oxygens (including phenoxy) is 1. The maximum atomic E-state index is 7.34. The monoisotopic (exact) mass is 666 g/mol. The van der Waals surface area contributed by atoms with E-state index in [2.05, 4.69) is 95.8 Å². The zero-order chi connectivity index (χ0) is 34.9. The molecule has 0 radical (unpaired) electrons. The summed E-state index contributed by atoms with van der Waals surface area (Å²) in [5.74, 6) is 3.33. The standard InChI is InChI=1S/C47H30N4O/c1-48-39-27-24-32(25-28-39)34-16-13-17-35(30-34)45-49-44(33-14-5-2-6-15-33)50-46(51-45)36-26-29-43-41(31-36)47(37-18-7-3-8-19-37,38-20-9-4-10-21-38)40-22-11-12-23-42(40)52-43/h2-31H. The highest BCUT2D eigenvalue weighted by molar-refractivity contribution is 5.76. The second kappa shape index (κ2) is 12.9. The maximum Gasteiger partial charge on any atom is 0.187 e. The molecule has 1 aliphatic heterocycles. The Morgan fingerprint density at radius 2 is 0.904 bits per heavy atom. The minimum atomic E-state index is -0.669. The van der Waals surface area contributed by atoms with Crippen molar-refractivity contribution in [1.82, 2.24) is 15.0 Å². The van der Waals surface area contributed by atoms with Crippen molar-refractivity contribution in [2.75, 3.05) is 0 Å². The van der Waals surface area contributed by atoms with Gasteiger partial charge in [-0.2, -0.15) is 0 Å². The molecule has 0 fully saturated rings. The number of fused-ring (bicyclic) bond motifs is 2. The average Bonchev–Trinajstić information content (AvgIpc) is 3.23. The van der Waals surface area contributed by atoms with E-state index in [1.807, 2.05) is 91.0 Å². The molecule has 0 saturated carbocycles. The number of hydrogen-bond donors (Lipinski definition) is 0. The van der Waals surface area contributed by atoms with Crippen molar-refractivity contribution in [3.63, 3.8) is 0 Å². The summed E-state index contributed by atoms with van der Waals surface area (Å²) in [6.07, 6.45) is 0. The smallest absolute Gasteiger partial charge is 0.187 e. The number of para-hydroxylation sites is 1. The third kappa shape index (κ3) is 5.31. The molecule has 0 atom stereocenters.